The number of rotatable bonds is 3. The van der Waals surface area contributed by atoms with Gasteiger partial charge in [0.2, 0.25) is 0 Å². The van der Waals surface area contributed by atoms with E-state index in [-0.39, 0.29) is 17.4 Å². The number of aryl methyl sites for hydroxylation is 2. The lowest BCUT2D eigenvalue weighted by atomic mass is 9.96. The maximum Gasteiger partial charge on any atom is 0.255 e. The lowest BCUT2D eigenvalue weighted by Crippen LogP contribution is -2.40. The third kappa shape index (κ3) is 3.53. The molecule has 6 heteroatoms. The molecule has 24 heavy (non-hydrogen) atoms. The maximum atomic E-state index is 12.7. The van der Waals surface area contributed by atoms with Crippen molar-refractivity contribution in [2.24, 2.45) is 0 Å². The largest absolute Gasteiger partial charge is 0.338 e. The first-order valence-electron chi connectivity index (χ1n) is 8.39. The monoisotopic (exact) mass is 326 g/mol. The predicted molar refractivity (Wildman–Crippen MR) is 91.1 cm³/mol. The molecule has 0 bridgehead atoms. The van der Waals surface area contributed by atoms with Gasteiger partial charge in [-0.1, -0.05) is 6.92 Å². The fourth-order valence-electron chi connectivity index (χ4n) is 3.06. The first-order chi connectivity index (χ1) is 11.6. The number of amides is 1. The van der Waals surface area contributed by atoms with Crippen LogP contribution in [0.4, 0.5) is 0 Å². The summed E-state index contributed by atoms with van der Waals surface area (Å²) in [4.78, 5) is 37.9. The van der Waals surface area contributed by atoms with Crippen molar-refractivity contribution in [3.05, 3.63) is 57.5 Å². The topological polar surface area (TPSA) is 79.0 Å². The fraction of sp³-hybridized carbons (Fsp3) is 0.444. The number of aromatic nitrogens is 3. The van der Waals surface area contributed by atoms with Crippen LogP contribution >= 0.6 is 0 Å². The van der Waals surface area contributed by atoms with E-state index in [0.717, 1.165) is 37.2 Å². The minimum Gasteiger partial charge on any atom is -0.338 e. The van der Waals surface area contributed by atoms with Gasteiger partial charge in [-0.3, -0.25) is 14.6 Å². The molecule has 3 heterocycles. The molecule has 1 aliphatic heterocycles. The molecule has 0 radical (unpaired) electrons. The Morgan fingerprint density at radius 3 is 2.96 bits per heavy atom. The second-order valence-electron chi connectivity index (χ2n) is 6.25. The van der Waals surface area contributed by atoms with Gasteiger partial charge in [0, 0.05) is 42.7 Å². The zero-order valence-electron chi connectivity index (χ0n) is 14.1. The number of carbonyl (C=O) groups excluding carboxylic acids is 1. The van der Waals surface area contributed by atoms with Crippen LogP contribution in [-0.4, -0.2) is 38.8 Å². The van der Waals surface area contributed by atoms with Gasteiger partial charge < -0.3 is 9.88 Å². The molecule has 0 unspecified atom stereocenters. The number of carbonyl (C=O) groups is 1. The summed E-state index contributed by atoms with van der Waals surface area (Å²) in [5.74, 6) is 0.750. The van der Waals surface area contributed by atoms with Gasteiger partial charge in [-0.2, -0.15) is 0 Å². The van der Waals surface area contributed by atoms with Crippen LogP contribution in [0.2, 0.25) is 0 Å². The van der Waals surface area contributed by atoms with Gasteiger partial charge >= 0.3 is 0 Å². The number of H-pyrrole nitrogens is 1. The molecule has 6 nitrogen and oxygen atoms in total. The van der Waals surface area contributed by atoms with E-state index in [9.17, 15) is 9.59 Å². The first-order valence-corrected chi connectivity index (χ1v) is 8.39. The van der Waals surface area contributed by atoms with Crippen LogP contribution in [0.25, 0.3) is 0 Å². The Morgan fingerprint density at radius 1 is 1.42 bits per heavy atom. The molecule has 1 fully saturated rings. The minimum atomic E-state index is -0.122. The number of nitrogens with one attached hydrogen (secondary N) is 1. The van der Waals surface area contributed by atoms with Gasteiger partial charge in [-0.25, -0.2) is 4.98 Å². The normalized spacial score (nSPS) is 17.8. The highest BCUT2D eigenvalue weighted by Crippen LogP contribution is 2.25. The summed E-state index contributed by atoms with van der Waals surface area (Å²) in [5.41, 5.74) is 2.16. The maximum absolute atomic E-state index is 12.7. The number of pyridine rings is 1. The average molecular weight is 326 g/mol. The predicted octanol–water partition coefficient (Wildman–Crippen LogP) is 2.06. The molecule has 2 aromatic heterocycles. The molecule has 0 aromatic carbocycles. The summed E-state index contributed by atoms with van der Waals surface area (Å²) in [5, 5.41) is 0. The smallest absolute Gasteiger partial charge is 0.255 e. The molecule has 1 aliphatic rings. The zero-order valence-corrected chi connectivity index (χ0v) is 14.1. The Balaban J connectivity index is 1.79. The number of hydrogen-bond donors (Lipinski definition) is 1. The second kappa shape index (κ2) is 6.95. The van der Waals surface area contributed by atoms with E-state index >= 15 is 0 Å². The Bertz CT molecular complexity index is 782. The number of likely N-dealkylation sites (tertiary alicyclic amines) is 1. The molecule has 0 spiro atoms. The van der Waals surface area contributed by atoms with E-state index in [1.807, 2.05) is 30.9 Å². The summed E-state index contributed by atoms with van der Waals surface area (Å²) >= 11 is 0. The van der Waals surface area contributed by atoms with Gasteiger partial charge in [0.05, 0.1) is 5.56 Å². The molecule has 3 rings (SSSR count). The van der Waals surface area contributed by atoms with E-state index in [4.69, 9.17) is 0 Å². The second-order valence-corrected chi connectivity index (χ2v) is 6.25. The molecule has 0 saturated carbocycles. The Kier molecular flexibility index (Phi) is 4.74. The van der Waals surface area contributed by atoms with E-state index < -0.39 is 0 Å². The van der Waals surface area contributed by atoms with Gasteiger partial charge in [-0.05, 0) is 38.3 Å². The summed E-state index contributed by atoms with van der Waals surface area (Å²) in [7, 11) is 0. The van der Waals surface area contributed by atoms with Crippen molar-refractivity contribution in [3.63, 3.8) is 0 Å². The molecule has 1 saturated heterocycles. The molecule has 126 valence electrons. The molecule has 1 N–H and O–H groups in total. The van der Waals surface area contributed by atoms with Crippen LogP contribution in [0, 0.1) is 6.92 Å². The zero-order chi connectivity index (χ0) is 17.1. The minimum absolute atomic E-state index is 0.0128. The lowest BCUT2D eigenvalue weighted by molar-refractivity contribution is 0.0704. The van der Waals surface area contributed by atoms with E-state index in [2.05, 4.69) is 15.0 Å². The Hall–Kier alpha value is -2.50. The highest BCUT2D eigenvalue weighted by Gasteiger charge is 2.27. The molecular formula is C18H22N4O2. The van der Waals surface area contributed by atoms with Crippen LogP contribution in [-0.2, 0) is 6.42 Å². The number of aromatic amines is 1. The van der Waals surface area contributed by atoms with Gasteiger partial charge in [-0.15, -0.1) is 0 Å². The number of hydrogen-bond acceptors (Lipinski definition) is 4. The first kappa shape index (κ1) is 16.4. The van der Waals surface area contributed by atoms with Crippen molar-refractivity contribution in [1.29, 1.82) is 0 Å². The highest BCUT2D eigenvalue weighted by atomic mass is 16.2. The lowest BCUT2D eigenvalue weighted by Gasteiger charge is -2.32. The van der Waals surface area contributed by atoms with Gasteiger partial charge in [0.15, 0.2) is 0 Å². The summed E-state index contributed by atoms with van der Waals surface area (Å²) in [6, 6.07) is 5.19. The van der Waals surface area contributed by atoms with E-state index in [0.29, 0.717) is 17.9 Å². The van der Waals surface area contributed by atoms with Crippen molar-refractivity contribution in [2.75, 3.05) is 13.1 Å². The van der Waals surface area contributed by atoms with Crippen molar-refractivity contribution in [1.82, 2.24) is 19.9 Å². The molecule has 1 atom stereocenters. The van der Waals surface area contributed by atoms with E-state index in [1.165, 1.54) is 6.07 Å². The van der Waals surface area contributed by atoms with Gasteiger partial charge in [0.25, 0.3) is 11.5 Å². The Labute approximate surface area is 141 Å². The standard InChI is InChI=1S/C18H22N4O2/c1-3-15-9-16(23)21-17(20-15)14-5-4-8-22(11-14)18(24)13-7-6-12(2)19-10-13/h6-7,9-10,14H,3-5,8,11H2,1-2H3,(H,20,21,23)/t14-/m0/s1. The average Bonchev–Trinajstić information content (AvgIpc) is 2.61. The van der Waals surface area contributed by atoms with Crippen LogP contribution in [0.5, 0.6) is 0 Å². The molecule has 0 aliphatic carbocycles. The highest BCUT2D eigenvalue weighted by molar-refractivity contribution is 5.94. The number of piperidine rings is 1. The third-order valence-electron chi connectivity index (χ3n) is 4.43. The SMILES string of the molecule is CCc1cc(=O)[nH]c([C@H]2CCCN(C(=O)c3ccc(C)nc3)C2)n1. The fourth-order valence-corrected chi connectivity index (χ4v) is 3.06. The van der Waals surface area contributed by atoms with Crippen molar-refractivity contribution >= 4 is 5.91 Å². The van der Waals surface area contributed by atoms with Crippen LogP contribution in [0.1, 0.15) is 53.3 Å². The van der Waals surface area contributed by atoms with Crippen LogP contribution in [0.15, 0.2) is 29.2 Å². The van der Waals surface area contributed by atoms with E-state index in [1.54, 1.807) is 6.20 Å². The van der Waals surface area contributed by atoms with Crippen molar-refractivity contribution in [2.45, 2.75) is 39.0 Å². The summed E-state index contributed by atoms with van der Waals surface area (Å²) < 4.78 is 0. The Morgan fingerprint density at radius 2 is 2.25 bits per heavy atom. The molecule has 1 amide bonds. The van der Waals surface area contributed by atoms with Crippen molar-refractivity contribution < 1.29 is 4.79 Å². The van der Waals surface area contributed by atoms with Crippen molar-refractivity contribution in [3.8, 4) is 0 Å². The summed E-state index contributed by atoms with van der Waals surface area (Å²) in [6.07, 6.45) is 4.17. The summed E-state index contributed by atoms with van der Waals surface area (Å²) in [6.45, 7) is 5.17. The molecular weight excluding hydrogens is 304 g/mol. The number of nitrogens with zero attached hydrogens (tertiary/aromatic N) is 3. The quantitative estimate of drug-likeness (QED) is 0.936. The third-order valence-corrected chi connectivity index (χ3v) is 4.43. The van der Waals surface area contributed by atoms with Gasteiger partial charge in [0.1, 0.15) is 5.82 Å². The van der Waals surface area contributed by atoms with Crippen LogP contribution in [0.3, 0.4) is 0 Å². The van der Waals surface area contributed by atoms with Crippen LogP contribution < -0.4 is 5.56 Å². The molecule has 2 aromatic rings.